The number of aromatic nitrogens is 2. The van der Waals surface area contributed by atoms with E-state index in [1.54, 1.807) is 7.11 Å². The van der Waals surface area contributed by atoms with Crippen molar-refractivity contribution in [1.29, 1.82) is 0 Å². The minimum absolute atomic E-state index is 0.0383. The topological polar surface area (TPSA) is 104 Å². The maximum atomic E-state index is 12.6. The van der Waals surface area contributed by atoms with Crippen molar-refractivity contribution in [3.8, 4) is 18.1 Å². The van der Waals surface area contributed by atoms with Gasteiger partial charge in [0.15, 0.2) is 5.82 Å². The van der Waals surface area contributed by atoms with Gasteiger partial charge in [-0.05, 0) is 49.1 Å². The monoisotopic (exact) mass is 621 g/mol. The normalized spacial score (nSPS) is 22.9. The number of hydrogen-bond donors (Lipinski definition) is 2. The Balaban J connectivity index is 1.12. The molecule has 1 amide bonds. The fourth-order valence-electron chi connectivity index (χ4n) is 7.20. The van der Waals surface area contributed by atoms with E-state index in [-0.39, 0.29) is 11.9 Å². The van der Waals surface area contributed by atoms with Crippen LogP contribution in [-0.4, -0.2) is 78.9 Å². The van der Waals surface area contributed by atoms with Gasteiger partial charge in [0.05, 0.1) is 49.5 Å². The number of hydroxylamine groups is 1. The zero-order chi connectivity index (χ0) is 31.6. The minimum Gasteiger partial charge on any atom is -0.494 e. The molecule has 2 bridgehead atoms. The number of carbonyl (C=O) groups is 1. The molecule has 0 spiro atoms. The average Bonchev–Trinajstić information content (AvgIpc) is 3.87. The van der Waals surface area contributed by atoms with E-state index in [1.807, 2.05) is 47.5 Å². The van der Waals surface area contributed by atoms with E-state index in [4.69, 9.17) is 20.7 Å². The highest BCUT2D eigenvalue weighted by Crippen LogP contribution is 2.41. The summed E-state index contributed by atoms with van der Waals surface area (Å²) < 4.78 is 11.7. The van der Waals surface area contributed by atoms with Crippen molar-refractivity contribution < 1.29 is 19.1 Å². The van der Waals surface area contributed by atoms with E-state index < -0.39 is 0 Å². The standard InChI is InChI=1S/C35H39N7O4/c1-4-23-7-6-8-24(15-23)30-11-14-46-42(30)34-19-33(36-22-37-34)38-29-17-28(39-35(43)5-2)31(18-32(29)44-3)40-12-9-25(10-13-40)41-20-27-16-26(41)21-45-27/h1,5-8,15,17-19,22,25-27,30H,2,9-14,16,20-21H2,3H3,(H,39,43)(H,36,37,38)/t26-,27-,30+/m0/s1. The second kappa shape index (κ2) is 13.0. The second-order valence-corrected chi connectivity index (χ2v) is 12.1. The number of hydrogen-bond acceptors (Lipinski definition) is 10. The number of morpholine rings is 1. The first-order chi connectivity index (χ1) is 22.5. The molecule has 2 N–H and O–H groups in total. The highest BCUT2D eigenvalue weighted by Gasteiger charge is 2.42. The van der Waals surface area contributed by atoms with Crippen molar-refractivity contribution in [2.24, 2.45) is 0 Å². The number of terminal acetylenes is 1. The van der Waals surface area contributed by atoms with Crippen molar-refractivity contribution in [2.45, 2.75) is 49.9 Å². The van der Waals surface area contributed by atoms with E-state index in [2.05, 4.69) is 42.9 Å². The molecule has 0 aliphatic carbocycles. The maximum Gasteiger partial charge on any atom is 0.247 e. The van der Waals surface area contributed by atoms with Gasteiger partial charge in [-0.15, -0.1) is 6.42 Å². The van der Waals surface area contributed by atoms with Crippen LogP contribution in [0.15, 0.2) is 61.4 Å². The molecule has 0 unspecified atom stereocenters. The molecule has 4 saturated heterocycles. The number of ether oxygens (including phenoxy) is 2. The first kappa shape index (κ1) is 30.0. The summed E-state index contributed by atoms with van der Waals surface area (Å²) in [5.41, 5.74) is 4.12. The Morgan fingerprint density at radius 1 is 1.13 bits per heavy atom. The number of carbonyl (C=O) groups excluding carboxylic acids is 1. The van der Waals surface area contributed by atoms with E-state index in [1.165, 1.54) is 12.4 Å². The lowest BCUT2D eigenvalue weighted by molar-refractivity contribution is -0.111. The van der Waals surface area contributed by atoms with Gasteiger partial charge in [-0.3, -0.25) is 14.5 Å². The van der Waals surface area contributed by atoms with E-state index >= 15 is 0 Å². The number of nitrogens with one attached hydrogen (secondary N) is 2. The zero-order valence-corrected chi connectivity index (χ0v) is 26.0. The van der Waals surface area contributed by atoms with Crippen LogP contribution in [0.1, 0.15) is 42.9 Å². The molecule has 7 rings (SSSR count). The van der Waals surface area contributed by atoms with Crippen LogP contribution < -0.4 is 25.3 Å². The van der Waals surface area contributed by atoms with Crippen molar-refractivity contribution in [3.05, 3.63) is 72.6 Å². The molecule has 5 heterocycles. The molecule has 3 aromatic rings. The van der Waals surface area contributed by atoms with Gasteiger partial charge in [0.2, 0.25) is 5.91 Å². The molecule has 46 heavy (non-hydrogen) atoms. The molecular weight excluding hydrogens is 582 g/mol. The third-order valence-electron chi connectivity index (χ3n) is 9.46. The third-order valence-corrected chi connectivity index (χ3v) is 9.46. The smallest absolute Gasteiger partial charge is 0.247 e. The van der Waals surface area contributed by atoms with Gasteiger partial charge in [-0.2, -0.15) is 0 Å². The van der Waals surface area contributed by atoms with Crippen LogP contribution in [0.3, 0.4) is 0 Å². The summed E-state index contributed by atoms with van der Waals surface area (Å²) in [6, 6.07) is 14.7. The van der Waals surface area contributed by atoms with Crippen LogP contribution >= 0.6 is 0 Å². The van der Waals surface area contributed by atoms with Crippen LogP contribution in [0.5, 0.6) is 5.75 Å². The van der Waals surface area contributed by atoms with Gasteiger partial charge in [-0.1, -0.05) is 24.6 Å². The van der Waals surface area contributed by atoms with Crippen LogP contribution in [-0.2, 0) is 14.4 Å². The Kier molecular flexibility index (Phi) is 8.49. The van der Waals surface area contributed by atoms with Crippen molar-refractivity contribution in [2.75, 3.05) is 60.6 Å². The lowest BCUT2D eigenvalue weighted by Gasteiger charge is -2.41. The first-order valence-electron chi connectivity index (χ1n) is 15.9. The summed E-state index contributed by atoms with van der Waals surface area (Å²) >= 11 is 0. The molecule has 1 aromatic heterocycles. The zero-order valence-electron chi connectivity index (χ0n) is 26.0. The van der Waals surface area contributed by atoms with E-state index in [0.29, 0.717) is 53.6 Å². The number of fused-ring (bicyclic) bond motifs is 2. The summed E-state index contributed by atoms with van der Waals surface area (Å²) in [5.74, 6) is 4.22. The number of anilines is 5. The second-order valence-electron chi connectivity index (χ2n) is 12.1. The Bertz CT molecular complexity index is 1650. The third kappa shape index (κ3) is 5.99. The van der Waals surface area contributed by atoms with Crippen LogP contribution in [0.25, 0.3) is 0 Å². The summed E-state index contributed by atoms with van der Waals surface area (Å²) in [4.78, 5) is 32.5. The molecule has 4 aliphatic rings. The molecule has 0 radical (unpaired) electrons. The fourth-order valence-corrected chi connectivity index (χ4v) is 7.20. The summed E-state index contributed by atoms with van der Waals surface area (Å²) in [6.45, 7) is 7.87. The number of piperidine rings is 1. The van der Waals surface area contributed by atoms with Crippen molar-refractivity contribution >= 4 is 34.6 Å². The summed E-state index contributed by atoms with van der Waals surface area (Å²) in [5, 5.41) is 8.21. The summed E-state index contributed by atoms with van der Waals surface area (Å²) in [7, 11) is 1.64. The number of likely N-dealkylation sites (tertiary alicyclic amines) is 1. The SMILES string of the molecule is C#Cc1cccc([C@H]2CCON2c2cc(Nc3cc(NC(=O)C=C)c(N4CCC(N5C[C@@H]6C[C@H]5CO6)CC4)cc3OC)ncn2)c1. The Morgan fingerprint density at radius 2 is 2.00 bits per heavy atom. The quantitative estimate of drug-likeness (QED) is 0.259. The van der Waals surface area contributed by atoms with Crippen LogP contribution in [0, 0.1) is 12.3 Å². The fraction of sp³-hybridized carbons (Fsp3) is 0.400. The van der Waals surface area contributed by atoms with Gasteiger partial charge in [0.1, 0.15) is 17.9 Å². The predicted molar refractivity (Wildman–Crippen MR) is 177 cm³/mol. The largest absolute Gasteiger partial charge is 0.494 e. The molecule has 238 valence electrons. The molecule has 4 fully saturated rings. The van der Waals surface area contributed by atoms with Gasteiger partial charge in [0, 0.05) is 55.8 Å². The minimum atomic E-state index is -0.282. The van der Waals surface area contributed by atoms with Crippen LogP contribution in [0.2, 0.25) is 0 Å². The lowest BCUT2D eigenvalue weighted by Crippen LogP contribution is -2.49. The van der Waals surface area contributed by atoms with Gasteiger partial charge < -0.3 is 25.0 Å². The van der Waals surface area contributed by atoms with Gasteiger partial charge >= 0.3 is 0 Å². The molecule has 4 aliphatic heterocycles. The molecule has 11 heteroatoms. The number of methoxy groups -OCH3 is 1. The Hall–Kier alpha value is -4.63. The van der Waals surface area contributed by atoms with E-state index in [0.717, 1.165) is 68.7 Å². The molecule has 11 nitrogen and oxygen atoms in total. The number of benzene rings is 2. The summed E-state index contributed by atoms with van der Waals surface area (Å²) in [6.07, 6.45) is 12.9. The number of nitrogens with zero attached hydrogens (tertiary/aromatic N) is 5. The van der Waals surface area contributed by atoms with Gasteiger partial charge in [0.25, 0.3) is 0 Å². The maximum absolute atomic E-state index is 12.6. The average molecular weight is 622 g/mol. The van der Waals surface area contributed by atoms with Crippen molar-refractivity contribution in [1.82, 2.24) is 14.9 Å². The lowest BCUT2D eigenvalue weighted by atomic mass is 10.0. The molecule has 3 atom stereocenters. The predicted octanol–water partition coefficient (Wildman–Crippen LogP) is 4.66. The molecule has 0 saturated carbocycles. The highest BCUT2D eigenvalue weighted by molar-refractivity contribution is 6.02. The molecule has 2 aromatic carbocycles. The van der Waals surface area contributed by atoms with Crippen molar-refractivity contribution in [3.63, 3.8) is 0 Å². The number of rotatable bonds is 9. The van der Waals surface area contributed by atoms with Gasteiger partial charge in [-0.25, -0.2) is 15.0 Å². The molecular formula is C35H39N7O4. The van der Waals surface area contributed by atoms with E-state index in [9.17, 15) is 4.79 Å². The highest BCUT2D eigenvalue weighted by atomic mass is 16.7. The first-order valence-corrected chi connectivity index (χ1v) is 15.9. The number of amides is 1. The van der Waals surface area contributed by atoms with Crippen LogP contribution in [0.4, 0.5) is 28.7 Å². The Labute approximate surface area is 269 Å². The Morgan fingerprint density at radius 3 is 2.74 bits per heavy atom.